The van der Waals surface area contributed by atoms with E-state index in [1.54, 1.807) is 12.1 Å². The Kier molecular flexibility index (Phi) is 6.79. The normalized spacial score (nSPS) is 17.8. The van der Waals surface area contributed by atoms with Gasteiger partial charge >= 0.3 is 5.97 Å². The highest BCUT2D eigenvalue weighted by Gasteiger charge is 2.41. The SMILES string of the molecule is CCCCN1C(=S)N[C@H](c2ccccn2)[C@H]1c1cc(C)n(-c2ccc(C(=O)OC)cc2)c1C. The van der Waals surface area contributed by atoms with Crippen molar-refractivity contribution in [3.8, 4) is 5.69 Å². The van der Waals surface area contributed by atoms with E-state index in [2.05, 4.69) is 52.7 Å². The zero-order valence-electron chi connectivity index (χ0n) is 19.5. The third-order valence-electron chi connectivity index (χ3n) is 6.29. The summed E-state index contributed by atoms with van der Waals surface area (Å²) in [5.41, 5.74) is 6.03. The number of hydrogen-bond donors (Lipinski definition) is 1. The van der Waals surface area contributed by atoms with Crippen LogP contribution in [-0.4, -0.2) is 39.2 Å². The number of thiocarbonyl (C=S) groups is 1. The maximum Gasteiger partial charge on any atom is 0.337 e. The van der Waals surface area contributed by atoms with Crippen LogP contribution in [0.2, 0.25) is 0 Å². The maximum atomic E-state index is 11.8. The number of unbranched alkanes of at least 4 members (excludes halogenated alkanes) is 1. The van der Waals surface area contributed by atoms with Gasteiger partial charge in [-0.1, -0.05) is 19.4 Å². The molecule has 3 heterocycles. The largest absolute Gasteiger partial charge is 0.465 e. The van der Waals surface area contributed by atoms with Gasteiger partial charge in [-0.3, -0.25) is 4.98 Å². The van der Waals surface area contributed by atoms with Crippen LogP contribution < -0.4 is 5.32 Å². The number of rotatable bonds is 7. The van der Waals surface area contributed by atoms with Gasteiger partial charge in [0, 0.05) is 29.8 Å². The van der Waals surface area contributed by atoms with Gasteiger partial charge in [-0.05, 0) is 80.5 Å². The Morgan fingerprint density at radius 1 is 1.18 bits per heavy atom. The van der Waals surface area contributed by atoms with Crippen molar-refractivity contribution in [2.45, 2.75) is 45.7 Å². The molecule has 0 unspecified atom stereocenters. The minimum Gasteiger partial charge on any atom is -0.465 e. The van der Waals surface area contributed by atoms with Gasteiger partial charge in [0.2, 0.25) is 0 Å². The Hall–Kier alpha value is -3.19. The number of hydrogen-bond acceptors (Lipinski definition) is 4. The number of aromatic nitrogens is 2. The second-order valence-corrected chi connectivity index (χ2v) is 8.76. The van der Waals surface area contributed by atoms with E-state index in [1.807, 2.05) is 30.5 Å². The molecule has 3 aromatic rings. The number of benzene rings is 1. The van der Waals surface area contributed by atoms with Crippen LogP contribution in [0.4, 0.5) is 0 Å². The fourth-order valence-electron chi connectivity index (χ4n) is 4.66. The highest BCUT2D eigenvalue weighted by molar-refractivity contribution is 7.80. The lowest BCUT2D eigenvalue weighted by Crippen LogP contribution is -2.30. The van der Waals surface area contributed by atoms with Gasteiger partial charge in [-0.2, -0.15) is 0 Å². The van der Waals surface area contributed by atoms with Gasteiger partial charge in [0.1, 0.15) is 0 Å². The number of nitrogens with zero attached hydrogens (tertiary/aromatic N) is 3. The molecule has 2 atom stereocenters. The van der Waals surface area contributed by atoms with Crippen molar-refractivity contribution in [3.63, 3.8) is 0 Å². The minimum absolute atomic E-state index is 0.0220. The lowest BCUT2D eigenvalue weighted by Gasteiger charge is -2.28. The van der Waals surface area contributed by atoms with Crippen molar-refractivity contribution in [2.75, 3.05) is 13.7 Å². The van der Waals surface area contributed by atoms with Crippen LogP contribution in [0.3, 0.4) is 0 Å². The Bertz CT molecular complexity index is 1140. The summed E-state index contributed by atoms with van der Waals surface area (Å²) in [5, 5.41) is 4.31. The van der Waals surface area contributed by atoms with Gasteiger partial charge in [-0.25, -0.2) is 4.79 Å². The Morgan fingerprint density at radius 2 is 1.94 bits per heavy atom. The van der Waals surface area contributed by atoms with Crippen LogP contribution >= 0.6 is 12.2 Å². The summed E-state index contributed by atoms with van der Waals surface area (Å²) in [6, 6.07) is 15.8. The van der Waals surface area contributed by atoms with Crippen molar-refractivity contribution >= 4 is 23.3 Å². The van der Waals surface area contributed by atoms with Crippen LogP contribution in [0.5, 0.6) is 0 Å². The van der Waals surface area contributed by atoms with Crippen molar-refractivity contribution in [3.05, 3.63) is 82.9 Å². The molecular formula is C26H30N4O2S. The second-order valence-electron chi connectivity index (χ2n) is 8.37. The first-order chi connectivity index (χ1) is 16.0. The predicted octanol–water partition coefficient (Wildman–Crippen LogP) is 5.05. The van der Waals surface area contributed by atoms with Gasteiger partial charge < -0.3 is 19.5 Å². The van der Waals surface area contributed by atoms with E-state index in [-0.39, 0.29) is 18.1 Å². The van der Waals surface area contributed by atoms with E-state index < -0.39 is 0 Å². The van der Waals surface area contributed by atoms with Gasteiger partial charge in [0.15, 0.2) is 5.11 Å². The predicted molar refractivity (Wildman–Crippen MR) is 134 cm³/mol. The Balaban J connectivity index is 1.77. The van der Waals surface area contributed by atoms with Crippen LogP contribution in [-0.2, 0) is 4.74 Å². The van der Waals surface area contributed by atoms with E-state index in [1.165, 1.54) is 12.7 Å². The molecule has 1 aromatic carbocycles. The third kappa shape index (κ3) is 4.37. The summed E-state index contributed by atoms with van der Waals surface area (Å²) in [4.78, 5) is 18.8. The molecule has 0 saturated carbocycles. The second kappa shape index (κ2) is 9.75. The molecule has 0 radical (unpaired) electrons. The average molecular weight is 463 g/mol. The first-order valence-electron chi connectivity index (χ1n) is 11.3. The fourth-order valence-corrected chi connectivity index (χ4v) is 4.99. The molecule has 1 saturated heterocycles. The molecule has 1 fully saturated rings. The fraction of sp³-hybridized carbons (Fsp3) is 0.346. The van der Waals surface area contributed by atoms with E-state index in [0.29, 0.717) is 5.56 Å². The molecule has 6 nitrogen and oxygen atoms in total. The summed E-state index contributed by atoms with van der Waals surface area (Å²) < 4.78 is 7.06. The molecular weight excluding hydrogens is 432 g/mol. The molecule has 33 heavy (non-hydrogen) atoms. The van der Waals surface area contributed by atoms with E-state index in [4.69, 9.17) is 17.0 Å². The molecule has 2 aromatic heterocycles. The number of esters is 1. The minimum atomic E-state index is -0.335. The molecule has 7 heteroatoms. The molecule has 0 bridgehead atoms. The highest BCUT2D eigenvalue weighted by atomic mass is 32.1. The Morgan fingerprint density at radius 3 is 2.58 bits per heavy atom. The molecule has 4 rings (SSSR count). The van der Waals surface area contributed by atoms with Crippen LogP contribution in [0.15, 0.2) is 54.7 Å². The first-order valence-corrected chi connectivity index (χ1v) is 11.7. The molecule has 1 aliphatic rings. The van der Waals surface area contributed by atoms with Crippen molar-refractivity contribution in [1.29, 1.82) is 0 Å². The van der Waals surface area contributed by atoms with Gasteiger partial charge in [0.25, 0.3) is 0 Å². The summed E-state index contributed by atoms with van der Waals surface area (Å²) >= 11 is 5.77. The van der Waals surface area contributed by atoms with E-state index >= 15 is 0 Å². The topological polar surface area (TPSA) is 59.4 Å². The number of carbonyl (C=O) groups is 1. The summed E-state index contributed by atoms with van der Waals surface area (Å²) in [7, 11) is 1.39. The number of nitrogens with one attached hydrogen (secondary N) is 1. The molecule has 1 N–H and O–H groups in total. The quantitative estimate of drug-likeness (QED) is 0.392. The van der Waals surface area contributed by atoms with Gasteiger partial charge in [0.05, 0.1) is 30.5 Å². The zero-order valence-corrected chi connectivity index (χ0v) is 20.4. The summed E-state index contributed by atoms with van der Waals surface area (Å²) in [5.74, 6) is -0.335. The van der Waals surface area contributed by atoms with E-state index in [0.717, 1.165) is 47.3 Å². The standard InChI is InChI=1S/C26H30N4O2S/c1-5-6-15-29-24(23(28-26(29)33)22-9-7-8-14-27-22)21-16-17(2)30(18(21)3)20-12-10-19(11-13-20)25(31)32-4/h7-14,16,23-24H,5-6,15H2,1-4H3,(H,28,33)/t23-,24-/m1/s1. The van der Waals surface area contributed by atoms with Gasteiger partial charge in [-0.15, -0.1) is 0 Å². The van der Waals surface area contributed by atoms with Crippen LogP contribution in [0.25, 0.3) is 5.69 Å². The van der Waals surface area contributed by atoms with Crippen molar-refractivity contribution < 1.29 is 9.53 Å². The number of methoxy groups -OCH3 is 1. The van der Waals surface area contributed by atoms with Crippen molar-refractivity contribution in [2.24, 2.45) is 0 Å². The Labute approximate surface area is 200 Å². The highest BCUT2D eigenvalue weighted by Crippen LogP contribution is 2.41. The molecule has 1 aliphatic heterocycles. The zero-order chi connectivity index (χ0) is 23.5. The number of carbonyl (C=O) groups excluding carboxylic acids is 1. The third-order valence-corrected chi connectivity index (χ3v) is 6.64. The summed E-state index contributed by atoms with van der Waals surface area (Å²) in [6.07, 6.45) is 4.00. The first kappa shape index (κ1) is 23.0. The molecule has 0 amide bonds. The number of aryl methyl sites for hydroxylation is 1. The smallest absolute Gasteiger partial charge is 0.337 e. The van der Waals surface area contributed by atoms with Crippen LogP contribution in [0, 0.1) is 13.8 Å². The molecule has 0 aliphatic carbocycles. The maximum absolute atomic E-state index is 11.8. The lowest BCUT2D eigenvalue weighted by molar-refractivity contribution is 0.0600. The molecule has 172 valence electrons. The lowest BCUT2D eigenvalue weighted by atomic mass is 9.96. The average Bonchev–Trinajstić information content (AvgIpc) is 3.32. The van der Waals surface area contributed by atoms with Crippen LogP contribution in [0.1, 0.15) is 64.9 Å². The monoisotopic (exact) mass is 462 g/mol. The molecule has 0 spiro atoms. The van der Waals surface area contributed by atoms with E-state index in [9.17, 15) is 4.79 Å². The number of ether oxygens (including phenoxy) is 1. The summed E-state index contributed by atoms with van der Waals surface area (Å²) in [6.45, 7) is 7.35. The van der Waals surface area contributed by atoms with Crippen molar-refractivity contribution in [1.82, 2.24) is 19.8 Å². The number of pyridine rings is 1.